The number of rotatable bonds is 52. The Balaban J connectivity index is 4.44. The minimum Gasteiger partial charge on any atom is -0.462 e. The molecule has 6 heteroatoms. The predicted molar refractivity (Wildman–Crippen MR) is 297 cm³/mol. The fourth-order valence-electron chi connectivity index (χ4n) is 8.03. The maximum atomic E-state index is 12.9. The Morgan fingerprint density at radius 3 is 0.942 bits per heavy atom. The molecule has 0 saturated carbocycles. The van der Waals surface area contributed by atoms with Crippen molar-refractivity contribution in [2.75, 3.05) is 13.2 Å². The smallest absolute Gasteiger partial charge is 0.306 e. The van der Waals surface area contributed by atoms with Crippen LogP contribution in [0.5, 0.6) is 0 Å². The first-order valence-electron chi connectivity index (χ1n) is 29.1. The lowest BCUT2D eigenvalue weighted by atomic mass is 10.0. The molecule has 0 aromatic rings. The molecule has 0 amide bonds. The van der Waals surface area contributed by atoms with E-state index in [4.69, 9.17) is 14.2 Å². The van der Waals surface area contributed by atoms with Crippen LogP contribution in [0.25, 0.3) is 0 Å². The van der Waals surface area contributed by atoms with Crippen molar-refractivity contribution in [2.24, 2.45) is 0 Å². The summed E-state index contributed by atoms with van der Waals surface area (Å²) in [6, 6.07) is 0. The molecule has 6 nitrogen and oxygen atoms in total. The number of unbranched alkanes of at least 4 members (excludes halogenated alkanes) is 27. The van der Waals surface area contributed by atoms with Crippen LogP contribution < -0.4 is 0 Å². The van der Waals surface area contributed by atoms with Gasteiger partial charge in [0.15, 0.2) is 6.10 Å². The molecule has 69 heavy (non-hydrogen) atoms. The summed E-state index contributed by atoms with van der Waals surface area (Å²) in [5, 5.41) is 0. The molecule has 0 heterocycles. The second kappa shape index (κ2) is 57.2. The Kier molecular flexibility index (Phi) is 54.3. The van der Waals surface area contributed by atoms with E-state index in [2.05, 4.69) is 106 Å². The van der Waals surface area contributed by atoms with Crippen molar-refractivity contribution in [2.45, 2.75) is 284 Å². The third-order valence-corrected chi connectivity index (χ3v) is 12.4. The number of carbonyl (C=O) groups excluding carboxylic acids is 3. The van der Waals surface area contributed by atoms with E-state index < -0.39 is 6.10 Å². The highest BCUT2D eigenvalue weighted by molar-refractivity contribution is 5.71. The molecule has 0 aromatic carbocycles. The molecule has 0 N–H and O–H groups in total. The van der Waals surface area contributed by atoms with Crippen LogP contribution in [-0.4, -0.2) is 37.2 Å². The zero-order valence-corrected chi connectivity index (χ0v) is 45.3. The van der Waals surface area contributed by atoms with E-state index in [-0.39, 0.29) is 31.1 Å². The highest BCUT2D eigenvalue weighted by Gasteiger charge is 2.19. The summed E-state index contributed by atoms with van der Waals surface area (Å²) in [5.41, 5.74) is 0. The zero-order chi connectivity index (χ0) is 50.0. The molecule has 0 fully saturated rings. The van der Waals surface area contributed by atoms with Crippen molar-refractivity contribution >= 4 is 17.9 Å². The van der Waals surface area contributed by atoms with Crippen molar-refractivity contribution in [3.05, 3.63) is 85.1 Å². The predicted octanol–water partition coefficient (Wildman–Crippen LogP) is 19.5. The molecule has 0 rings (SSSR count). The first kappa shape index (κ1) is 65.6. The molecule has 0 spiro atoms. The average Bonchev–Trinajstić information content (AvgIpc) is 3.35. The fraction of sp³-hybridized carbons (Fsp3) is 0.730. The number of hydrogen-bond acceptors (Lipinski definition) is 6. The SMILES string of the molecule is CC/C=C\C/C=C\C/C=C\C/C=C\CCCCCCC(=O)O[C@H](COC(=O)CCCC/C=C\C/C=C\C/C=C\CCCCC)COC(=O)CCCCCCCCCCCCCCCCCCCCC. The highest BCUT2D eigenvalue weighted by Crippen LogP contribution is 2.16. The molecule has 0 aliphatic carbocycles. The van der Waals surface area contributed by atoms with Crippen LogP contribution in [0, 0.1) is 0 Å². The minimum absolute atomic E-state index is 0.0969. The van der Waals surface area contributed by atoms with Crippen LogP contribution in [0.2, 0.25) is 0 Å². The molecule has 396 valence electrons. The summed E-state index contributed by atoms with van der Waals surface area (Å²) in [6.07, 6.45) is 74.3. The monoisotopic (exact) mass is 961 g/mol. The van der Waals surface area contributed by atoms with E-state index >= 15 is 0 Å². The van der Waals surface area contributed by atoms with Crippen LogP contribution in [-0.2, 0) is 28.6 Å². The number of hydrogen-bond donors (Lipinski definition) is 0. The maximum absolute atomic E-state index is 12.9. The summed E-state index contributed by atoms with van der Waals surface area (Å²) in [6.45, 7) is 6.47. The molecule has 0 unspecified atom stereocenters. The Morgan fingerprint density at radius 1 is 0.304 bits per heavy atom. The lowest BCUT2D eigenvalue weighted by Crippen LogP contribution is -2.30. The van der Waals surface area contributed by atoms with Gasteiger partial charge in [-0.3, -0.25) is 14.4 Å². The van der Waals surface area contributed by atoms with Gasteiger partial charge in [-0.2, -0.15) is 0 Å². The van der Waals surface area contributed by atoms with Crippen molar-refractivity contribution in [3.63, 3.8) is 0 Å². The van der Waals surface area contributed by atoms with Gasteiger partial charge in [0.05, 0.1) is 0 Å². The lowest BCUT2D eigenvalue weighted by molar-refractivity contribution is -0.167. The summed E-state index contributed by atoms with van der Waals surface area (Å²) in [5.74, 6) is -0.953. The van der Waals surface area contributed by atoms with Gasteiger partial charge in [-0.1, -0.05) is 247 Å². The van der Waals surface area contributed by atoms with Gasteiger partial charge in [0, 0.05) is 19.3 Å². The van der Waals surface area contributed by atoms with Gasteiger partial charge in [0.25, 0.3) is 0 Å². The van der Waals surface area contributed by atoms with E-state index in [1.54, 1.807) is 0 Å². The standard InChI is InChI=1S/C63H108O6/c1-4-7-10-13-16-19-22-25-28-30-31-33-35-38-41-44-47-50-53-56-62(65)68-59-60(58-67-61(64)55-52-49-46-43-40-37-34-27-24-21-18-15-12-9-6-3)69-63(66)57-54-51-48-45-42-39-36-32-29-26-23-20-17-14-11-8-5-2/h8,11,17-18,20-21,26-27,29,34,36,39-40,43,60H,4-7,9-10,12-16,19,22-25,28,30-33,35,37-38,41-42,44-59H2,1-3H3/b11-8-,20-17-,21-18-,29-26-,34-27-,39-36-,43-40-/t60-/m1/s1. The number of esters is 3. The summed E-state index contributed by atoms with van der Waals surface area (Å²) in [7, 11) is 0. The first-order valence-corrected chi connectivity index (χ1v) is 29.1. The second-order valence-corrected chi connectivity index (χ2v) is 19.2. The molecule has 0 saturated heterocycles. The molecule has 0 radical (unpaired) electrons. The van der Waals surface area contributed by atoms with E-state index in [0.717, 1.165) is 109 Å². The first-order chi connectivity index (χ1) is 34.0. The molecule has 0 aliphatic heterocycles. The Labute approximate surface area is 426 Å². The van der Waals surface area contributed by atoms with Crippen LogP contribution in [0.3, 0.4) is 0 Å². The van der Waals surface area contributed by atoms with Crippen molar-refractivity contribution in [1.82, 2.24) is 0 Å². The van der Waals surface area contributed by atoms with E-state index in [0.29, 0.717) is 19.3 Å². The van der Waals surface area contributed by atoms with E-state index in [9.17, 15) is 14.4 Å². The lowest BCUT2D eigenvalue weighted by Gasteiger charge is -2.18. The topological polar surface area (TPSA) is 78.9 Å². The second-order valence-electron chi connectivity index (χ2n) is 19.2. The quantitative estimate of drug-likeness (QED) is 0.0262. The summed E-state index contributed by atoms with van der Waals surface area (Å²) in [4.78, 5) is 38.2. The van der Waals surface area contributed by atoms with Gasteiger partial charge < -0.3 is 14.2 Å². The van der Waals surface area contributed by atoms with Gasteiger partial charge in [0.2, 0.25) is 0 Å². The van der Waals surface area contributed by atoms with Crippen molar-refractivity contribution in [3.8, 4) is 0 Å². The highest BCUT2D eigenvalue weighted by atomic mass is 16.6. The third kappa shape index (κ3) is 55.4. The molecule has 0 bridgehead atoms. The van der Waals surface area contributed by atoms with Crippen LogP contribution in [0.1, 0.15) is 278 Å². The van der Waals surface area contributed by atoms with Gasteiger partial charge >= 0.3 is 17.9 Å². The van der Waals surface area contributed by atoms with Crippen molar-refractivity contribution < 1.29 is 28.6 Å². The molecular weight excluding hydrogens is 853 g/mol. The van der Waals surface area contributed by atoms with Crippen LogP contribution >= 0.6 is 0 Å². The normalized spacial score (nSPS) is 12.7. The average molecular weight is 962 g/mol. The zero-order valence-electron chi connectivity index (χ0n) is 45.3. The Bertz CT molecular complexity index is 1330. The minimum atomic E-state index is -0.804. The Morgan fingerprint density at radius 2 is 0.565 bits per heavy atom. The van der Waals surface area contributed by atoms with Crippen LogP contribution in [0.4, 0.5) is 0 Å². The Hall–Kier alpha value is -3.41. The number of allylic oxidation sites excluding steroid dienone is 14. The van der Waals surface area contributed by atoms with Gasteiger partial charge in [-0.05, 0) is 96.3 Å². The largest absolute Gasteiger partial charge is 0.462 e. The van der Waals surface area contributed by atoms with Gasteiger partial charge in [-0.15, -0.1) is 0 Å². The van der Waals surface area contributed by atoms with Crippen LogP contribution in [0.15, 0.2) is 85.1 Å². The fourth-order valence-corrected chi connectivity index (χ4v) is 8.03. The number of carbonyl (C=O) groups is 3. The molecule has 0 aromatic heterocycles. The maximum Gasteiger partial charge on any atom is 0.306 e. The van der Waals surface area contributed by atoms with E-state index in [1.165, 1.54) is 128 Å². The number of ether oxygens (including phenoxy) is 3. The third-order valence-electron chi connectivity index (χ3n) is 12.4. The van der Waals surface area contributed by atoms with Gasteiger partial charge in [-0.25, -0.2) is 0 Å². The van der Waals surface area contributed by atoms with Gasteiger partial charge in [0.1, 0.15) is 13.2 Å². The molecule has 0 aliphatic rings. The molecule has 1 atom stereocenters. The summed E-state index contributed by atoms with van der Waals surface area (Å²) >= 11 is 0. The molecular formula is C63H108O6. The summed E-state index contributed by atoms with van der Waals surface area (Å²) < 4.78 is 16.8. The van der Waals surface area contributed by atoms with E-state index in [1.807, 2.05) is 0 Å². The van der Waals surface area contributed by atoms with Crippen molar-refractivity contribution in [1.29, 1.82) is 0 Å².